The van der Waals surface area contributed by atoms with Crippen molar-refractivity contribution in [2.75, 3.05) is 39.3 Å². The third-order valence-corrected chi connectivity index (χ3v) is 3.85. The van der Waals surface area contributed by atoms with E-state index in [1.165, 1.54) is 0 Å². The highest BCUT2D eigenvalue weighted by Crippen LogP contribution is 2.18. The van der Waals surface area contributed by atoms with Gasteiger partial charge in [-0.2, -0.15) is 0 Å². The molecule has 0 aromatic heterocycles. The van der Waals surface area contributed by atoms with E-state index in [9.17, 15) is 9.59 Å². The molecule has 0 saturated carbocycles. The zero-order chi connectivity index (χ0) is 17.8. The topological polar surface area (TPSA) is 83.0 Å². The zero-order valence-corrected chi connectivity index (χ0v) is 18.0. The van der Waals surface area contributed by atoms with Crippen molar-refractivity contribution in [3.05, 3.63) is 0 Å². The van der Waals surface area contributed by atoms with Crippen molar-refractivity contribution in [2.24, 2.45) is 10.9 Å². The van der Waals surface area contributed by atoms with E-state index in [2.05, 4.69) is 20.5 Å². The standard InChI is InChI=1S/C17H32N4O3.HI/c1-4-10-19-15(22)9-11-20-17(18-5-2)21-12-7-8-14(13-21)16(23)24-6-3;/h14H,4-13H2,1-3H3,(H,18,20)(H,19,22);1H. The Kier molecular flexibility index (Phi) is 13.5. The molecule has 7 nitrogen and oxygen atoms in total. The third kappa shape index (κ3) is 9.27. The minimum absolute atomic E-state index is 0. The van der Waals surface area contributed by atoms with Crippen LogP contribution in [0.15, 0.2) is 4.99 Å². The lowest BCUT2D eigenvalue weighted by atomic mass is 9.98. The molecule has 0 radical (unpaired) electrons. The number of likely N-dealkylation sites (tertiary alicyclic amines) is 1. The number of amides is 1. The average molecular weight is 468 g/mol. The van der Waals surface area contributed by atoms with Gasteiger partial charge in [0.25, 0.3) is 0 Å². The number of carbonyl (C=O) groups excluding carboxylic acids is 2. The van der Waals surface area contributed by atoms with Crippen LogP contribution < -0.4 is 10.6 Å². The lowest BCUT2D eigenvalue weighted by Gasteiger charge is -2.34. The summed E-state index contributed by atoms with van der Waals surface area (Å²) < 4.78 is 5.14. The Morgan fingerprint density at radius 3 is 2.64 bits per heavy atom. The number of nitrogens with zero attached hydrogens (tertiary/aromatic N) is 2. The van der Waals surface area contributed by atoms with Crippen molar-refractivity contribution >= 4 is 41.8 Å². The van der Waals surface area contributed by atoms with Gasteiger partial charge in [-0.1, -0.05) is 6.92 Å². The summed E-state index contributed by atoms with van der Waals surface area (Å²) in [5.41, 5.74) is 0. The monoisotopic (exact) mass is 468 g/mol. The molecule has 2 N–H and O–H groups in total. The highest BCUT2D eigenvalue weighted by Gasteiger charge is 2.28. The highest BCUT2D eigenvalue weighted by molar-refractivity contribution is 14.0. The SMILES string of the molecule is CCCNC(=O)CCN=C(NCC)N1CCCC(C(=O)OCC)C1.I. The third-order valence-electron chi connectivity index (χ3n) is 3.85. The summed E-state index contributed by atoms with van der Waals surface area (Å²) in [6.07, 6.45) is 3.10. The van der Waals surface area contributed by atoms with Gasteiger partial charge in [0.2, 0.25) is 5.91 Å². The summed E-state index contributed by atoms with van der Waals surface area (Å²) in [6, 6.07) is 0. The Hall–Kier alpha value is -1.06. The van der Waals surface area contributed by atoms with Crippen LogP contribution in [0.25, 0.3) is 0 Å². The van der Waals surface area contributed by atoms with Gasteiger partial charge >= 0.3 is 5.97 Å². The molecular formula is C17H33IN4O3. The van der Waals surface area contributed by atoms with E-state index in [1.54, 1.807) is 0 Å². The van der Waals surface area contributed by atoms with E-state index >= 15 is 0 Å². The van der Waals surface area contributed by atoms with Gasteiger partial charge in [-0.3, -0.25) is 14.6 Å². The van der Waals surface area contributed by atoms with Gasteiger partial charge in [-0.05, 0) is 33.1 Å². The van der Waals surface area contributed by atoms with Gasteiger partial charge in [0.15, 0.2) is 5.96 Å². The van der Waals surface area contributed by atoms with Crippen LogP contribution in [0, 0.1) is 5.92 Å². The van der Waals surface area contributed by atoms with E-state index in [0.717, 1.165) is 38.3 Å². The second-order valence-corrected chi connectivity index (χ2v) is 5.87. The van der Waals surface area contributed by atoms with Gasteiger partial charge < -0.3 is 20.3 Å². The molecule has 146 valence electrons. The van der Waals surface area contributed by atoms with Crippen molar-refractivity contribution in [1.82, 2.24) is 15.5 Å². The number of halogens is 1. The average Bonchev–Trinajstić information content (AvgIpc) is 2.59. The van der Waals surface area contributed by atoms with Crippen molar-refractivity contribution in [3.63, 3.8) is 0 Å². The molecule has 0 spiro atoms. The number of rotatable bonds is 8. The number of ether oxygens (including phenoxy) is 1. The molecule has 1 aliphatic rings. The summed E-state index contributed by atoms with van der Waals surface area (Å²) in [6.45, 7) is 9.66. The minimum Gasteiger partial charge on any atom is -0.466 e. The zero-order valence-electron chi connectivity index (χ0n) is 15.7. The molecule has 0 aliphatic carbocycles. The number of carbonyl (C=O) groups is 2. The van der Waals surface area contributed by atoms with Crippen LogP contribution in [0.4, 0.5) is 0 Å². The van der Waals surface area contributed by atoms with Crippen molar-refractivity contribution in [2.45, 2.75) is 46.5 Å². The fraction of sp³-hybridized carbons (Fsp3) is 0.824. The van der Waals surface area contributed by atoms with Crippen LogP contribution in [-0.4, -0.2) is 62.1 Å². The quantitative estimate of drug-likeness (QED) is 0.246. The molecule has 1 saturated heterocycles. The molecule has 1 heterocycles. The summed E-state index contributed by atoms with van der Waals surface area (Å²) in [7, 11) is 0. The fourth-order valence-corrected chi connectivity index (χ4v) is 2.66. The second-order valence-electron chi connectivity index (χ2n) is 5.87. The Morgan fingerprint density at radius 1 is 1.24 bits per heavy atom. The van der Waals surface area contributed by atoms with Crippen LogP contribution in [0.5, 0.6) is 0 Å². The maximum Gasteiger partial charge on any atom is 0.310 e. The molecule has 1 amide bonds. The van der Waals surface area contributed by atoms with Gasteiger partial charge in [0.05, 0.1) is 19.1 Å². The molecule has 1 unspecified atom stereocenters. The van der Waals surface area contributed by atoms with Crippen molar-refractivity contribution in [1.29, 1.82) is 0 Å². The molecule has 0 aromatic rings. The Bertz CT molecular complexity index is 432. The van der Waals surface area contributed by atoms with Gasteiger partial charge in [-0.25, -0.2) is 0 Å². The van der Waals surface area contributed by atoms with Crippen molar-refractivity contribution in [3.8, 4) is 0 Å². The van der Waals surface area contributed by atoms with Crippen LogP contribution >= 0.6 is 24.0 Å². The number of hydrogen-bond donors (Lipinski definition) is 2. The van der Waals surface area contributed by atoms with Crippen LogP contribution in [0.1, 0.15) is 46.5 Å². The lowest BCUT2D eigenvalue weighted by Crippen LogP contribution is -2.48. The van der Waals surface area contributed by atoms with Gasteiger partial charge in [0, 0.05) is 32.6 Å². The number of hydrogen-bond acceptors (Lipinski definition) is 4. The Morgan fingerprint density at radius 2 is 2.00 bits per heavy atom. The first-order valence-corrected chi connectivity index (χ1v) is 9.08. The fourth-order valence-electron chi connectivity index (χ4n) is 2.66. The maximum atomic E-state index is 12.0. The predicted octanol–water partition coefficient (Wildman–Crippen LogP) is 1.76. The molecule has 1 aliphatic heterocycles. The first kappa shape index (κ1) is 23.9. The highest BCUT2D eigenvalue weighted by atomic mass is 127. The molecule has 1 rings (SSSR count). The van der Waals surface area contributed by atoms with Gasteiger partial charge in [0.1, 0.15) is 0 Å². The van der Waals surface area contributed by atoms with E-state index in [1.807, 2.05) is 20.8 Å². The number of esters is 1. The number of aliphatic imine (C=N–C) groups is 1. The number of guanidine groups is 1. The molecule has 0 aromatic carbocycles. The van der Waals surface area contributed by atoms with Crippen LogP contribution in [0.3, 0.4) is 0 Å². The molecule has 1 fully saturated rings. The Balaban J connectivity index is 0.00000576. The van der Waals surface area contributed by atoms with E-state index in [0.29, 0.717) is 32.7 Å². The molecule has 0 bridgehead atoms. The Labute approximate surface area is 168 Å². The van der Waals surface area contributed by atoms with E-state index in [4.69, 9.17) is 4.74 Å². The molecule has 1 atom stereocenters. The minimum atomic E-state index is -0.128. The molecule has 25 heavy (non-hydrogen) atoms. The van der Waals surface area contributed by atoms with E-state index < -0.39 is 0 Å². The molecule has 8 heteroatoms. The lowest BCUT2D eigenvalue weighted by molar-refractivity contribution is -0.149. The normalized spacial score (nSPS) is 17.5. The smallest absolute Gasteiger partial charge is 0.310 e. The predicted molar refractivity (Wildman–Crippen MR) is 110 cm³/mol. The van der Waals surface area contributed by atoms with Crippen molar-refractivity contribution < 1.29 is 14.3 Å². The summed E-state index contributed by atoms with van der Waals surface area (Å²) in [4.78, 5) is 30.3. The summed E-state index contributed by atoms with van der Waals surface area (Å²) in [5, 5.41) is 6.10. The summed E-state index contributed by atoms with van der Waals surface area (Å²) >= 11 is 0. The second kappa shape index (κ2) is 14.1. The number of nitrogens with one attached hydrogen (secondary N) is 2. The largest absolute Gasteiger partial charge is 0.466 e. The first-order valence-electron chi connectivity index (χ1n) is 9.08. The molecular weight excluding hydrogens is 435 g/mol. The van der Waals surface area contributed by atoms with Crippen LogP contribution in [-0.2, 0) is 14.3 Å². The van der Waals surface area contributed by atoms with Crippen LogP contribution in [0.2, 0.25) is 0 Å². The van der Waals surface area contributed by atoms with Gasteiger partial charge in [-0.15, -0.1) is 24.0 Å². The summed E-state index contributed by atoms with van der Waals surface area (Å²) in [5.74, 6) is 0.571. The maximum absolute atomic E-state index is 12.0. The number of piperidine rings is 1. The van der Waals surface area contributed by atoms with E-state index in [-0.39, 0.29) is 41.8 Å². The first-order chi connectivity index (χ1) is 11.6.